The molecule has 6 nitrogen and oxygen atoms in total. The summed E-state index contributed by atoms with van der Waals surface area (Å²) in [6.07, 6.45) is 3.12. The maximum atomic E-state index is 12.9. The smallest absolute Gasteiger partial charge is 0.272 e. The van der Waals surface area contributed by atoms with Crippen LogP contribution in [0.15, 0.2) is 50.2 Å². The van der Waals surface area contributed by atoms with Crippen LogP contribution in [0.1, 0.15) is 32.1 Å². The molecule has 0 saturated carbocycles. The highest BCUT2D eigenvalue weighted by atomic mass is 35.5. The van der Waals surface area contributed by atoms with Crippen molar-refractivity contribution in [3.8, 4) is 11.4 Å². The topological polar surface area (TPSA) is 73.8 Å². The molecule has 150 valence electrons. The lowest BCUT2D eigenvalue weighted by Gasteiger charge is -2.10. The van der Waals surface area contributed by atoms with Crippen molar-refractivity contribution in [1.82, 2.24) is 19.7 Å². The van der Waals surface area contributed by atoms with Gasteiger partial charge in [0, 0.05) is 17.1 Å². The normalized spacial score (nSPS) is 11.4. The fourth-order valence-corrected chi connectivity index (χ4v) is 4.67. The summed E-state index contributed by atoms with van der Waals surface area (Å²) in [6, 6.07) is 9.16. The van der Waals surface area contributed by atoms with Crippen molar-refractivity contribution >= 4 is 44.9 Å². The van der Waals surface area contributed by atoms with E-state index in [0.717, 1.165) is 30.3 Å². The average molecular weight is 447 g/mol. The summed E-state index contributed by atoms with van der Waals surface area (Å²) in [5, 5.41) is 7.28. The van der Waals surface area contributed by atoms with E-state index in [1.165, 1.54) is 23.1 Å². The minimum atomic E-state index is 0.0241. The molecule has 0 aliphatic heterocycles. The van der Waals surface area contributed by atoms with Crippen LogP contribution >= 0.6 is 34.7 Å². The highest BCUT2D eigenvalue weighted by molar-refractivity contribution is 7.98. The van der Waals surface area contributed by atoms with Crippen LogP contribution in [0.2, 0.25) is 5.02 Å². The van der Waals surface area contributed by atoms with Gasteiger partial charge in [-0.05, 0) is 42.1 Å². The van der Waals surface area contributed by atoms with Gasteiger partial charge < -0.3 is 4.52 Å². The van der Waals surface area contributed by atoms with E-state index in [2.05, 4.69) is 17.1 Å². The predicted molar refractivity (Wildman–Crippen MR) is 118 cm³/mol. The zero-order valence-electron chi connectivity index (χ0n) is 15.8. The third kappa shape index (κ3) is 4.55. The summed E-state index contributed by atoms with van der Waals surface area (Å²) < 4.78 is 7.86. The second kappa shape index (κ2) is 9.11. The lowest BCUT2D eigenvalue weighted by molar-refractivity contribution is 0.391. The van der Waals surface area contributed by atoms with E-state index in [1.807, 2.05) is 23.6 Å². The minimum Gasteiger partial charge on any atom is -0.338 e. The van der Waals surface area contributed by atoms with Crippen molar-refractivity contribution in [1.29, 1.82) is 0 Å². The van der Waals surface area contributed by atoms with Gasteiger partial charge in [-0.15, -0.1) is 11.3 Å². The Kier molecular flexibility index (Phi) is 6.32. The monoisotopic (exact) mass is 446 g/mol. The van der Waals surface area contributed by atoms with Crippen LogP contribution in [0, 0.1) is 0 Å². The molecule has 0 spiro atoms. The Morgan fingerprint density at radius 2 is 2.00 bits per heavy atom. The van der Waals surface area contributed by atoms with Crippen LogP contribution in [0.25, 0.3) is 21.6 Å². The van der Waals surface area contributed by atoms with Gasteiger partial charge in [-0.2, -0.15) is 4.98 Å². The summed E-state index contributed by atoms with van der Waals surface area (Å²) in [4.78, 5) is 22.0. The maximum Gasteiger partial charge on any atom is 0.272 e. The molecule has 0 unspecified atom stereocenters. The van der Waals surface area contributed by atoms with Crippen LogP contribution in [0.5, 0.6) is 0 Å². The molecule has 0 aliphatic carbocycles. The molecule has 0 radical (unpaired) electrons. The van der Waals surface area contributed by atoms with E-state index in [1.54, 1.807) is 16.7 Å². The molecule has 4 rings (SSSR count). The first-order chi connectivity index (χ1) is 14.2. The number of hydrogen-bond acceptors (Lipinski definition) is 7. The number of unbranched alkanes of at least 4 members (excludes halogenated alkanes) is 2. The lowest BCUT2D eigenvalue weighted by atomic mass is 10.2. The average Bonchev–Trinajstić information content (AvgIpc) is 3.38. The number of thiophene rings is 1. The molecular weight excluding hydrogens is 428 g/mol. The van der Waals surface area contributed by atoms with Crippen LogP contribution in [-0.4, -0.2) is 19.7 Å². The second-order valence-electron chi connectivity index (χ2n) is 6.50. The number of hydrogen-bond donors (Lipinski definition) is 0. The van der Waals surface area contributed by atoms with Gasteiger partial charge in [0.05, 0.1) is 11.3 Å². The molecule has 3 heterocycles. The Bertz CT molecular complexity index is 1170. The first-order valence-electron chi connectivity index (χ1n) is 9.35. The van der Waals surface area contributed by atoms with E-state index in [9.17, 15) is 4.79 Å². The van der Waals surface area contributed by atoms with E-state index in [4.69, 9.17) is 21.1 Å². The van der Waals surface area contributed by atoms with Gasteiger partial charge in [0.2, 0.25) is 11.7 Å². The number of halogens is 1. The van der Waals surface area contributed by atoms with Crippen molar-refractivity contribution in [2.75, 3.05) is 0 Å². The number of rotatable bonds is 8. The van der Waals surface area contributed by atoms with Gasteiger partial charge in [0.25, 0.3) is 5.56 Å². The molecule has 9 heteroatoms. The Hall–Kier alpha value is -2.16. The van der Waals surface area contributed by atoms with E-state index in [0.29, 0.717) is 38.9 Å². The third-order valence-corrected chi connectivity index (χ3v) is 6.52. The van der Waals surface area contributed by atoms with Gasteiger partial charge in [-0.1, -0.05) is 48.3 Å². The number of thioether (sulfide) groups is 1. The van der Waals surface area contributed by atoms with E-state index in [-0.39, 0.29) is 5.56 Å². The molecule has 0 saturated heterocycles. The van der Waals surface area contributed by atoms with E-state index < -0.39 is 0 Å². The second-order valence-corrected chi connectivity index (χ2v) is 8.80. The fraction of sp³-hybridized carbons (Fsp3) is 0.300. The highest BCUT2D eigenvalue weighted by Gasteiger charge is 2.15. The quantitative estimate of drug-likeness (QED) is 0.198. The highest BCUT2D eigenvalue weighted by Crippen LogP contribution is 2.25. The van der Waals surface area contributed by atoms with Gasteiger partial charge in [0.1, 0.15) is 4.70 Å². The largest absolute Gasteiger partial charge is 0.338 e. The van der Waals surface area contributed by atoms with Crippen molar-refractivity contribution in [2.24, 2.45) is 0 Å². The molecule has 1 aromatic carbocycles. The fourth-order valence-electron chi connectivity index (χ4n) is 2.91. The zero-order valence-corrected chi connectivity index (χ0v) is 18.2. The first kappa shape index (κ1) is 20.1. The minimum absolute atomic E-state index is 0.0241. The molecule has 0 bridgehead atoms. The van der Waals surface area contributed by atoms with Crippen LogP contribution in [0.3, 0.4) is 0 Å². The van der Waals surface area contributed by atoms with Crippen LogP contribution in [-0.2, 0) is 12.3 Å². The Morgan fingerprint density at radius 3 is 2.79 bits per heavy atom. The lowest BCUT2D eigenvalue weighted by Crippen LogP contribution is -2.22. The van der Waals surface area contributed by atoms with E-state index >= 15 is 0 Å². The molecule has 29 heavy (non-hydrogen) atoms. The molecular formula is C20H19ClN4O2S2. The third-order valence-electron chi connectivity index (χ3n) is 4.41. The molecule has 0 aliphatic rings. The molecule has 0 atom stereocenters. The molecule has 0 fully saturated rings. The Balaban J connectivity index is 1.55. The Morgan fingerprint density at radius 1 is 1.17 bits per heavy atom. The van der Waals surface area contributed by atoms with Crippen LogP contribution in [0.4, 0.5) is 0 Å². The maximum absolute atomic E-state index is 12.9. The van der Waals surface area contributed by atoms with Gasteiger partial charge in [-0.3, -0.25) is 9.36 Å². The number of fused-ring (bicyclic) bond motifs is 1. The summed E-state index contributed by atoms with van der Waals surface area (Å²) in [6.45, 7) is 2.81. The van der Waals surface area contributed by atoms with Crippen molar-refractivity contribution in [3.05, 3.63) is 57.0 Å². The summed E-state index contributed by atoms with van der Waals surface area (Å²) in [7, 11) is 0. The molecule has 3 aromatic heterocycles. The standard InChI is InChI=1S/C20H19ClN4O2S2/c1-2-3-4-10-25-19(26)17-15(9-11-28-17)22-20(25)29-12-16-23-18(24-27-16)13-5-7-14(21)8-6-13/h5-9,11H,2-4,10,12H2,1H3. The first-order valence-corrected chi connectivity index (χ1v) is 11.6. The van der Waals surface area contributed by atoms with Crippen molar-refractivity contribution < 1.29 is 4.52 Å². The van der Waals surface area contributed by atoms with Gasteiger partial charge in [0.15, 0.2) is 5.16 Å². The van der Waals surface area contributed by atoms with Gasteiger partial charge >= 0.3 is 0 Å². The zero-order chi connectivity index (χ0) is 20.2. The molecule has 4 aromatic rings. The predicted octanol–water partition coefficient (Wildman–Crippen LogP) is 5.64. The molecule has 0 N–H and O–H groups in total. The number of nitrogens with zero attached hydrogens (tertiary/aromatic N) is 4. The summed E-state index contributed by atoms with van der Waals surface area (Å²) in [5.41, 5.74) is 1.60. The summed E-state index contributed by atoms with van der Waals surface area (Å²) in [5.74, 6) is 1.44. The van der Waals surface area contributed by atoms with Crippen molar-refractivity contribution in [3.63, 3.8) is 0 Å². The molecule has 0 amide bonds. The van der Waals surface area contributed by atoms with Crippen LogP contribution < -0.4 is 5.56 Å². The van der Waals surface area contributed by atoms with Crippen molar-refractivity contribution in [2.45, 2.75) is 43.6 Å². The number of aromatic nitrogens is 4. The SMILES string of the molecule is CCCCCn1c(SCc2nc(-c3ccc(Cl)cc3)no2)nc2ccsc2c1=O. The number of benzene rings is 1. The van der Waals surface area contributed by atoms with Gasteiger partial charge in [-0.25, -0.2) is 4.98 Å². The summed E-state index contributed by atoms with van der Waals surface area (Å²) >= 11 is 8.80. The Labute approximate surface area is 180 Å².